The minimum atomic E-state index is 0.668. The number of benzene rings is 2. The minimum absolute atomic E-state index is 0.668. The van der Waals surface area contributed by atoms with Gasteiger partial charge in [0.1, 0.15) is 12.1 Å². The Morgan fingerprint density at radius 1 is 1.00 bits per heavy atom. The number of nitrogens with zero attached hydrogens (tertiary/aromatic N) is 3. The van der Waals surface area contributed by atoms with Crippen molar-refractivity contribution in [2.75, 3.05) is 43.1 Å². The number of ether oxygens (including phenoxy) is 1. The molecule has 1 fully saturated rings. The second-order valence-electron chi connectivity index (χ2n) is 7.71. The molecule has 4 rings (SSSR count). The maximum absolute atomic E-state index is 5.45. The van der Waals surface area contributed by atoms with Crippen LogP contribution in [0.5, 0.6) is 0 Å². The summed E-state index contributed by atoms with van der Waals surface area (Å²) in [5.41, 5.74) is 4.61. The Labute approximate surface area is 166 Å². The zero-order chi connectivity index (χ0) is 19.3. The predicted molar refractivity (Wildman–Crippen MR) is 116 cm³/mol. The molecule has 2 aromatic carbocycles. The van der Waals surface area contributed by atoms with Crippen molar-refractivity contribution in [3.63, 3.8) is 0 Å². The van der Waals surface area contributed by atoms with Gasteiger partial charge in [0.2, 0.25) is 0 Å². The average molecular weight is 377 g/mol. The lowest BCUT2D eigenvalue weighted by molar-refractivity contribution is 0.122. The van der Waals surface area contributed by atoms with Crippen LogP contribution in [0.4, 0.5) is 11.5 Å². The normalized spacial score (nSPS) is 14.6. The topological polar surface area (TPSA) is 50.3 Å². The smallest absolute Gasteiger partial charge is 0.137 e. The van der Waals surface area contributed by atoms with Crippen molar-refractivity contribution in [1.82, 2.24) is 9.97 Å². The van der Waals surface area contributed by atoms with E-state index in [1.54, 1.807) is 6.33 Å². The number of nitrogens with one attached hydrogen (secondary N) is 1. The van der Waals surface area contributed by atoms with Crippen molar-refractivity contribution < 1.29 is 4.74 Å². The van der Waals surface area contributed by atoms with Gasteiger partial charge in [0.05, 0.1) is 18.7 Å². The molecule has 1 saturated heterocycles. The SMILES string of the molecule is CC(C)CCNc1ncnc2ccc(-c3ccc(N4CCOCC4)cc3)cc12. The minimum Gasteiger partial charge on any atom is -0.378 e. The molecule has 0 spiro atoms. The van der Waals surface area contributed by atoms with Gasteiger partial charge >= 0.3 is 0 Å². The second kappa shape index (κ2) is 8.57. The van der Waals surface area contributed by atoms with Gasteiger partial charge in [0.15, 0.2) is 0 Å². The molecular formula is C23H28N4O. The molecule has 0 aliphatic carbocycles. The van der Waals surface area contributed by atoms with Crippen molar-refractivity contribution in [1.29, 1.82) is 0 Å². The van der Waals surface area contributed by atoms with Crippen molar-refractivity contribution in [3.05, 3.63) is 48.8 Å². The number of hydrogen-bond acceptors (Lipinski definition) is 5. The fraction of sp³-hybridized carbons (Fsp3) is 0.391. The zero-order valence-electron chi connectivity index (χ0n) is 16.7. The van der Waals surface area contributed by atoms with E-state index < -0.39 is 0 Å². The van der Waals surface area contributed by atoms with Crippen molar-refractivity contribution >= 4 is 22.4 Å². The van der Waals surface area contributed by atoms with Crippen LogP contribution in [0.3, 0.4) is 0 Å². The van der Waals surface area contributed by atoms with E-state index in [0.717, 1.165) is 56.0 Å². The van der Waals surface area contributed by atoms with Gasteiger partial charge in [0, 0.05) is 30.7 Å². The molecule has 0 atom stereocenters. The molecular weight excluding hydrogens is 348 g/mol. The average Bonchev–Trinajstić information content (AvgIpc) is 2.74. The van der Waals surface area contributed by atoms with Gasteiger partial charge in [-0.05, 0) is 47.7 Å². The Bertz CT molecular complexity index is 918. The first-order valence-electron chi connectivity index (χ1n) is 10.1. The van der Waals surface area contributed by atoms with E-state index in [1.165, 1.54) is 16.8 Å². The van der Waals surface area contributed by atoms with Crippen LogP contribution in [0.2, 0.25) is 0 Å². The van der Waals surface area contributed by atoms with Gasteiger partial charge in [-0.3, -0.25) is 0 Å². The van der Waals surface area contributed by atoms with Crippen LogP contribution >= 0.6 is 0 Å². The van der Waals surface area contributed by atoms with Crippen LogP contribution in [0.15, 0.2) is 48.8 Å². The largest absolute Gasteiger partial charge is 0.378 e. The van der Waals surface area contributed by atoms with Crippen LogP contribution in [-0.2, 0) is 4.74 Å². The fourth-order valence-electron chi connectivity index (χ4n) is 3.54. The van der Waals surface area contributed by atoms with Gasteiger partial charge in [-0.1, -0.05) is 32.0 Å². The number of rotatable bonds is 6. The first-order valence-corrected chi connectivity index (χ1v) is 10.1. The van der Waals surface area contributed by atoms with Crippen LogP contribution < -0.4 is 10.2 Å². The molecule has 0 unspecified atom stereocenters. The summed E-state index contributed by atoms with van der Waals surface area (Å²) in [6.07, 6.45) is 2.75. The van der Waals surface area contributed by atoms with Crippen molar-refractivity contribution in [2.45, 2.75) is 20.3 Å². The monoisotopic (exact) mass is 376 g/mol. The van der Waals surface area contributed by atoms with Crippen LogP contribution in [0.25, 0.3) is 22.0 Å². The van der Waals surface area contributed by atoms with Crippen molar-refractivity contribution in [3.8, 4) is 11.1 Å². The Kier molecular flexibility index (Phi) is 5.72. The molecule has 0 amide bonds. The third-order valence-corrected chi connectivity index (χ3v) is 5.23. The molecule has 1 aliphatic heterocycles. The highest BCUT2D eigenvalue weighted by atomic mass is 16.5. The summed E-state index contributed by atoms with van der Waals surface area (Å²) in [7, 11) is 0. The van der Waals surface area contributed by atoms with E-state index in [9.17, 15) is 0 Å². The number of fused-ring (bicyclic) bond motifs is 1. The summed E-state index contributed by atoms with van der Waals surface area (Å²) in [5, 5.41) is 4.55. The Morgan fingerprint density at radius 2 is 1.75 bits per heavy atom. The molecule has 2 heterocycles. The van der Waals surface area contributed by atoms with Gasteiger partial charge in [-0.15, -0.1) is 0 Å². The molecule has 3 aromatic rings. The lowest BCUT2D eigenvalue weighted by Gasteiger charge is -2.28. The quantitative estimate of drug-likeness (QED) is 0.682. The van der Waals surface area contributed by atoms with Gasteiger partial charge in [-0.2, -0.15) is 0 Å². The molecule has 5 nitrogen and oxygen atoms in total. The summed E-state index contributed by atoms with van der Waals surface area (Å²) in [6, 6.07) is 15.2. The predicted octanol–water partition coefficient (Wildman–Crippen LogP) is 4.59. The number of aromatic nitrogens is 2. The maximum atomic E-state index is 5.45. The molecule has 146 valence electrons. The molecule has 28 heavy (non-hydrogen) atoms. The summed E-state index contributed by atoms with van der Waals surface area (Å²) in [5.74, 6) is 1.58. The summed E-state index contributed by atoms with van der Waals surface area (Å²) < 4.78 is 5.45. The molecule has 1 aromatic heterocycles. The lowest BCUT2D eigenvalue weighted by atomic mass is 10.0. The molecule has 0 radical (unpaired) electrons. The van der Waals surface area contributed by atoms with E-state index in [2.05, 4.69) is 76.5 Å². The highest BCUT2D eigenvalue weighted by Crippen LogP contribution is 2.28. The summed E-state index contributed by atoms with van der Waals surface area (Å²) >= 11 is 0. The highest BCUT2D eigenvalue weighted by Gasteiger charge is 2.11. The van der Waals surface area contributed by atoms with Gasteiger partial charge < -0.3 is 15.0 Å². The molecule has 1 aliphatic rings. The fourth-order valence-corrected chi connectivity index (χ4v) is 3.54. The van der Waals surface area contributed by atoms with Crippen LogP contribution in [0, 0.1) is 5.92 Å². The maximum Gasteiger partial charge on any atom is 0.137 e. The van der Waals surface area contributed by atoms with E-state index in [0.29, 0.717) is 5.92 Å². The Balaban J connectivity index is 1.58. The van der Waals surface area contributed by atoms with Crippen molar-refractivity contribution in [2.24, 2.45) is 5.92 Å². The Hall–Kier alpha value is -2.66. The second-order valence-corrected chi connectivity index (χ2v) is 7.71. The highest BCUT2D eigenvalue weighted by molar-refractivity contribution is 5.92. The number of anilines is 2. The van der Waals surface area contributed by atoms with Gasteiger partial charge in [0.25, 0.3) is 0 Å². The molecule has 1 N–H and O–H groups in total. The molecule has 0 bridgehead atoms. The molecule has 5 heteroatoms. The molecule has 0 saturated carbocycles. The first-order chi connectivity index (χ1) is 13.7. The summed E-state index contributed by atoms with van der Waals surface area (Å²) in [4.78, 5) is 11.3. The van der Waals surface area contributed by atoms with E-state index in [-0.39, 0.29) is 0 Å². The van der Waals surface area contributed by atoms with Crippen LogP contribution in [0.1, 0.15) is 20.3 Å². The third kappa shape index (κ3) is 4.25. The first kappa shape index (κ1) is 18.7. The zero-order valence-corrected chi connectivity index (χ0v) is 16.7. The lowest BCUT2D eigenvalue weighted by Crippen LogP contribution is -2.36. The van der Waals surface area contributed by atoms with Crippen LogP contribution in [-0.4, -0.2) is 42.8 Å². The number of morpholine rings is 1. The van der Waals surface area contributed by atoms with Gasteiger partial charge in [-0.25, -0.2) is 9.97 Å². The van der Waals surface area contributed by atoms with E-state index in [1.807, 2.05) is 0 Å². The number of hydrogen-bond donors (Lipinski definition) is 1. The summed E-state index contributed by atoms with van der Waals surface area (Å²) in [6.45, 7) is 8.91. The third-order valence-electron chi connectivity index (χ3n) is 5.23. The van der Waals surface area contributed by atoms with E-state index >= 15 is 0 Å². The van der Waals surface area contributed by atoms with E-state index in [4.69, 9.17) is 4.74 Å². The standard InChI is InChI=1S/C23H28N4O/c1-17(2)9-10-24-23-21-15-19(5-8-22(21)25-16-26-23)18-3-6-20(7-4-18)27-11-13-28-14-12-27/h3-8,15-17H,9-14H2,1-2H3,(H,24,25,26). The Morgan fingerprint density at radius 3 is 2.50 bits per heavy atom.